The van der Waals surface area contributed by atoms with E-state index in [9.17, 15) is 4.79 Å². The molecule has 0 aliphatic carbocycles. The lowest BCUT2D eigenvalue weighted by atomic mass is 10.3. The maximum atomic E-state index is 11.3. The summed E-state index contributed by atoms with van der Waals surface area (Å²) in [6.45, 7) is 2.59. The van der Waals surface area contributed by atoms with Gasteiger partial charge in [-0.3, -0.25) is 4.79 Å². The van der Waals surface area contributed by atoms with Gasteiger partial charge in [-0.15, -0.1) is 0 Å². The van der Waals surface area contributed by atoms with Crippen LogP contribution < -0.4 is 5.32 Å². The van der Waals surface area contributed by atoms with Gasteiger partial charge < -0.3 is 10.1 Å². The maximum absolute atomic E-state index is 11.3. The summed E-state index contributed by atoms with van der Waals surface area (Å²) in [5, 5.41) is 3.98. The summed E-state index contributed by atoms with van der Waals surface area (Å²) in [6, 6.07) is 5.03. The number of unbranched alkanes of at least 4 members (excludes halogenated alkanes) is 1. The summed E-state index contributed by atoms with van der Waals surface area (Å²) >= 11 is 11.8. The quantitative estimate of drug-likeness (QED) is 0.635. The fourth-order valence-corrected chi connectivity index (χ4v) is 1.54. The van der Waals surface area contributed by atoms with Gasteiger partial charge in [0.25, 0.3) is 0 Å². The molecule has 0 radical (unpaired) electrons. The number of carbonyl (C=O) groups excluding carboxylic acids is 1. The monoisotopic (exact) mass is 275 g/mol. The molecular formula is C12H15Cl2NO2. The van der Waals surface area contributed by atoms with Crippen LogP contribution in [0.5, 0.6) is 0 Å². The number of esters is 1. The minimum absolute atomic E-state index is 0.0871. The lowest BCUT2D eigenvalue weighted by molar-refractivity contribution is -0.141. The van der Waals surface area contributed by atoms with Crippen LogP contribution in [0.25, 0.3) is 0 Å². The molecule has 0 fully saturated rings. The Bertz CT molecular complexity index is 383. The molecule has 0 spiro atoms. The van der Waals surface area contributed by atoms with Crippen molar-refractivity contribution in [1.82, 2.24) is 0 Å². The number of halogens is 2. The molecule has 17 heavy (non-hydrogen) atoms. The third-order valence-electron chi connectivity index (χ3n) is 2.11. The molecule has 0 saturated heterocycles. The number of carbonyl (C=O) groups is 1. The van der Waals surface area contributed by atoms with Crippen molar-refractivity contribution in [1.29, 1.82) is 0 Å². The van der Waals surface area contributed by atoms with Crippen molar-refractivity contribution in [2.45, 2.75) is 19.8 Å². The lowest BCUT2D eigenvalue weighted by Gasteiger charge is -2.08. The van der Waals surface area contributed by atoms with Crippen molar-refractivity contribution in [3.05, 3.63) is 28.2 Å². The number of anilines is 1. The van der Waals surface area contributed by atoms with Gasteiger partial charge in [0.1, 0.15) is 6.54 Å². The Labute approximate surface area is 111 Å². The van der Waals surface area contributed by atoms with Crippen LogP contribution in [0.2, 0.25) is 10.0 Å². The van der Waals surface area contributed by atoms with E-state index < -0.39 is 0 Å². The predicted octanol–water partition coefficient (Wildman–Crippen LogP) is 3.75. The van der Waals surface area contributed by atoms with Gasteiger partial charge in [-0.1, -0.05) is 36.5 Å². The number of rotatable bonds is 6. The molecule has 0 amide bonds. The van der Waals surface area contributed by atoms with E-state index in [-0.39, 0.29) is 12.5 Å². The molecule has 1 N–H and O–H groups in total. The zero-order chi connectivity index (χ0) is 12.7. The second-order valence-corrected chi connectivity index (χ2v) is 4.40. The standard InChI is InChI=1S/C12H15Cl2NO2/c1-2-3-6-17-12(16)8-15-11-7-9(13)4-5-10(11)14/h4-5,7,15H,2-3,6,8H2,1H3. The molecule has 0 atom stereocenters. The summed E-state index contributed by atoms with van der Waals surface area (Å²) in [5.41, 5.74) is 0.631. The average molecular weight is 276 g/mol. The van der Waals surface area contributed by atoms with Crippen molar-refractivity contribution in [2.24, 2.45) is 0 Å². The minimum Gasteiger partial charge on any atom is -0.464 e. The molecule has 1 rings (SSSR count). The molecule has 0 unspecified atom stereocenters. The molecule has 0 heterocycles. The topological polar surface area (TPSA) is 38.3 Å². The molecule has 0 aromatic heterocycles. The molecule has 3 nitrogen and oxygen atoms in total. The van der Waals surface area contributed by atoms with E-state index in [4.69, 9.17) is 27.9 Å². The smallest absolute Gasteiger partial charge is 0.325 e. The first kappa shape index (κ1) is 14.1. The fraction of sp³-hybridized carbons (Fsp3) is 0.417. The summed E-state index contributed by atoms with van der Waals surface area (Å²) in [7, 11) is 0. The Morgan fingerprint density at radius 3 is 2.88 bits per heavy atom. The summed E-state index contributed by atoms with van der Waals surface area (Å²) in [6.07, 6.45) is 1.88. The molecule has 0 aliphatic rings. The normalized spacial score (nSPS) is 10.1. The van der Waals surface area contributed by atoms with Gasteiger partial charge in [-0.25, -0.2) is 0 Å². The summed E-state index contributed by atoms with van der Waals surface area (Å²) in [4.78, 5) is 11.3. The molecule has 0 aliphatic heterocycles. The highest BCUT2D eigenvalue weighted by Crippen LogP contribution is 2.25. The van der Waals surface area contributed by atoms with E-state index in [1.807, 2.05) is 6.92 Å². The Kier molecular flexibility index (Phi) is 6.16. The number of hydrogen-bond donors (Lipinski definition) is 1. The van der Waals surface area contributed by atoms with Gasteiger partial charge in [0, 0.05) is 5.02 Å². The van der Waals surface area contributed by atoms with Crippen molar-refractivity contribution in [2.75, 3.05) is 18.5 Å². The third-order valence-corrected chi connectivity index (χ3v) is 2.68. The van der Waals surface area contributed by atoms with Gasteiger partial charge in [0.15, 0.2) is 0 Å². The van der Waals surface area contributed by atoms with Crippen LogP contribution in [-0.4, -0.2) is 19.1 Å². The van der Waals surface area contributed by atoms with Crippen LogP contribution in [-0.2, 0) is 9.53 Å². The zero-order valence-corrected chi connectivity index (χ0v) is 11.1. The first-order valence-corrected chi connectivity index (χ1v) is 6.23. The Balaban J connectivity index is 2.39. The highest BCUT2D eigenvalue weighted by molar-refractivity contribution is 6.35. The van der Waals surface area contributed by atoms with Crippen LogP contribution >= 0.6 is 23.2 Å². The van der Waals surface area contributed by atoms with E-state index in [0.29, 0.717) is 22.3 Å². The van der Waals surface area contributed by atoms with E-state index in [2.05, 4.69) is 5.32 Å². The summed E-state index contributed by atoms with van der Waals surface area (Å²) in [5.74, 6) is -0.297. The number of ether oxygens (including phenoxy) is 1. The number of benzene rings is 1. The van der Waals surface area contributed by atoms with Crippen LogP contribution in [0.4, 0.5) is 5.69 Å². The van der Waals surface area contributed by atoms with Gasteiger partial charge >= 0.3 is 5.97 Å². The van der Waals surface area contributed by atoms with E-state index in [0.717, 1.165) is 12.8 Å². The van der Waals surface area contributed by atoms with Crippen LogP contribution in [0, 0.1) is 0 Å². The van der Waals surface area contributed by atoms with Crippen molar-refractivity contribution >= 4 is 34.9 Å². The van der Waals surface area contributed by atoms with Crippen molar-refractivity contribution in [3.8, 4) is 0 Å². The maximum Gasteiger partial charge on any atom is 0.325 e. The van der Waals surface area contributed by atoms with E-state index in [1.54, 1.807) is 18.2 Å². The molecule has 0 bridgehead atoms. The van der Waals surface area contributed by atoms with E-state index in [1.165, 1.54) is 0 Å². The summed E-state index contributed by atoms with van der Waals surface area (Å²) < 4.78 is 5.00. The van der Waals surface area contributed by atoms with Crippen LogP contribution in [0.15, 0.2) is 18.2 Å². The molecular weight excluding hydrogens is 261 g/mol. The van der Waals surface area contributed by atoms with Gasteiger partial charge in [-0.05, 0) is 24.6 Å². The first-order valence-electron chi connectivity index (χ1n) is 5.48. The Morgan fingerprint density at radius 1 is 1.41 bits per heavy atom. The largest absolute Gasteiger partial charge is 0.464 e. The van der Waals surface area contributed by atoms with Gasteiger partial charge in [0.05, 0.1) is 17.3 Å². The molecule has 94 valence electrons. The highest BCUT2D eigenvalue weighted by atomic mass is 35.5. The average Bonchev–Trinajstić information content (AvgIpc) is 2.31. The Morgan fingerprint density at radius 2 is 2.18 bits per heavy atom. The second-order valence-electron chi connectivity index (χ2n) is 3.55. The van der Waals surface area contributed by atoms with Crippen molar-refractivity contribution in [3.63, 3.8) is 0 Å². The molecule has 1 aromatic rings. The van der Waals surface area contributed by atoms with Gasteiger partial charge in [0.2, 0.25) is 0 Å². The molecule has 0 saturated carbocycles. The number of hydrogen-bond acceptors (Lipinski definition) is 3. The van der Waals surface area contributed by atoms with E-state index >= 15 is 0 Å². The van der Waals surface area contributed by atoms with Crippen LogP contribution in [0.1, 0.15) is 19.8 Å². The highest BCUT2D eigenvalue weighted by Gasteiger charge is 2.05. The van der Waals surface area contributed by atoms with Gasteiger partial charge in [-0.2, -0.15) is 0 Å². The minimum atomic E-state index is -0.297. The first-order chi connectivity index (χ1) is 8.13. The third kappa shape index (κ3) is 5.29. The number of nitrogens with one attached hydrogen (secondary N) is 1. The van der Waals surface area contributed by atoms with Crippen molar-refractivity contribution < 1.29 is 9.53 Å². The predicted molar refractivity (Wildman–Crippen MR) is 70.8 cm³/mol. The lowest BCUT2D eigenvalue weighted by Crippen LogP contribution is -2.17. The molecule has 5 heteroatoms. The SMILES string of the molecule is CCCCOC(=O)CNc1cc(Cl)ccc1Cl. The zero-order valence-electron chi connectivity index (χ0n) is 9.63. The Hall–Kier alpha value is -0.930. The molecule has 1 aromatic carbocycles. The van der Waals surface area contributed by atoms with Crippen LogP contribution in [0.3, 0.4) is 0 Å². The fourth-order valence-electron chi connectivity index (χ4n) is 1.18. The second kappa shape index (κ2) is 7.41.